The standard InChI is InChI=1S/C24H17N2O2.C5H12O2.Ir/c1-27-16-11-15(12-17(13-16)28-2)22-14-25-23-20-9-5-3-7-18(20)19-8-4-6-10-21(19)24(23)26-22;1-4(6)3-5(2)7;/h3-8,10-14H,1-2H3;4-7H,3H2,1-2H3;/q-1;;. The summed E-state index contributed by atoms with van der Waals surface area (Å²) in [5.41, 5.74) is 3.38. The van der Waals surface area contributed by atoms with E-state index in [-0.39, 0.29) is 32.3 Å². The van der Waals surface area contributed by atoms with E-state index in [1.807, 2.05) is 42.5 Å². The van der Waals surface area contributed by atoms with E-state index in [0.29, 0.717) is 17.9 Å². The third-order valence-corrected chi connectivity index (χ3v) is 5.67. The first-order chi connectivity index (χ1) is 16.9. The van der Waals surface area contributed by atoms with Crippen molar-refractivity contribution in [1.29, 1.82) is 0 Å². The van der Waals surface area contributed by atoms with Crippen molar-refractivity contribution in [3.63, 3.8) is 0 Å². The van der Waals surface area contributed by atoms with Gasteiger partial charge in [0.15, 0.2) is 0 Å². The van der Waals surface area contributed by atoms with E-state index in [1.54, 1.807) is 34.3 Å². The van der Waals surface area contributed by atoms with Crippen LogP contribution in [0.2, 0.25) is 0 Å². The Morgan fingerprint density at radius 1 is 0.833 bits per heavy atom. The molecule has 1 heterocycles. The number of methoxy groups -OCH3 is 2. The molecule has 0 fully saturated rings. The molecular weight excluding hydrogens is 633 g/mol. The molecule has 6 nitrogen and oxygen atoms in total. The Kier molecular flexibility index (Phi) is 9.35. The van der Waals surface area contributed by atoms with E-state index in [4.69, 9.17) is 29.7 Å². The van der Waals surface area contributed by atoms with Crippen LogP contribution in [0.25, 0.3) is 43.8 Å². The molecule has 2 atom stereocenters. The SMILES string of the molecule is CC(O)CC(C)O.COc1cc(OC)cc(-c2cnc3c4[c-]cccc4c4ccccc4c3n2)c1.[Ir]. The van der Waals surface area contributed by atoms with Gasteiger partial charge in [0, 0.05) is 43.4 Å². The van der Waals surface area contributed by atoms with Gasteiger partial charge in [-0.1, -0.05) is 35.0 Å². The Morgan fingerprint density at radius 3 is 2.03 bits per heavy atom. The molecule has 0 aliphatic heterocycles. The van der Waals surface area contributed by atoms with E-state index in [0.717, 1.165) is 43.8 Å². The van der Waals surface area contributed by atoms with Crippen molar-refractivity contribution in [2.75, 3.05) is 14.2 Å². The molecule has 0 saturated carbocycles. The smallest absolute Gasteiger partial charge is 0.123 e. The number of aromatic nitrogens is 2. The summed E-state index contributed by atoms with van der Waals surface area (Å²) in [5, 5.41) is 21.5. The average Bonchev–Trinajstić information content (AvgIpc) is 2.87. The summed E-state index contributed by atoms with van der Waals surface area (Å²) in [6.07, 6.45) is 1.52. The number of fused-ring (bicyclic) bond motifs is 6. The number of aliphatic hydroxyl groups excluding tert-OH is 2. The monoisotopic (exact) mass is 662 g/mol. The van der Waals surface area contributed by atoms with Gasteiger partial charge in [0.05, 0.1) is 37.6 Å². The molecule has 189 valence electrons. The van der Waals surface area contributed by atoms with Crippen molar-refractivity contribution in [1.82, 2.24) is 9.97 Å². The van der Waals surface area contributed by atoms with Crippen LogP contribution in [0.1, 0.15) is 20.3 Å². The molecule has 2 N–H and O–H groups in total. The van der Waals surface area contributed by atoms with E-state index < -0.39 is 0 Å². The summed E-state index contributed by atoms with van der Waals surface area (Å²) in [6, 6.07) is 23.4. The Hall–Kier alpha value is -3.09. The topological polar surface area (TPSA) is 84.7 Å². The minimum atomic E-state index is -0.375. The Labute approximate surface area is 224 Å². The van der Waals surface area contributed by atoms with Crippen molar-refractivity contribution < 1.29 is 39.8 Å². The van der Waals surface area contributed by atoms with Gasteiger partial charge in [0.2, 0.25) is 0 Å². The summed E-state index contributed by atoms with van der Waals surface area (Å²) in [4.78, 5) is 9.75. The minimum absolute atomic E-state index is 0. The van der Waals surface area contributed by atoms with Gasteiger partial charge in [0.25, 0.3) is 0 Å². The maximum absolute atomic E-state index is 8.56. The van der Waals surface area contributed by atoms with E-state index in [2.05, 4.69) is 24.3 Å². The first kappa shape index (κ1) is 27.5. The van der Waals surface area contributed by atoms with Gasteiger partial charge < -0.3 is 24.7 Å². The number of ether oxygens (including phenoxy) is 2. The molecule has 7 heteroatoms. The maximum atomic E-state index is 8.56. The second-order valence-corrected chi connectivity index (χ2v) is 8.49. The zero-order valence-electron chi connectivity index (χ0n) is 20.7. The molecule has 0 aliphatic carbocycles. The Morgan fingerprint density at radius 2 is 1.44 bits per heavy atom. The molecule has 5 aromatic rings. The largest absolute Gasteiger partial charge is 0.497 e. The maximum Gasteiger partial charge on any atom is 0.123 e. The van der Waals surface area contributed by atoms with Crippen LogP contribution in [0.3, 0.4) is 0 Å². The summed E-state index contributed by atoms with van der Waals surface area (Å²) in [6.45, 7) is 3.32. The summed E-state index contributed by atoms with van der Waals surface area (Å²) < 4.78 is 10.8. The molecule has 5 rings (SSSR count). The number of hydrogen-bond donors (Lipinski definition) is 2. The number of hydrogen-bond acceptors (Lipinski definition) is 6. The summed E-state index contributed by atoms with van der Waals surface area (Å²) in [7, 11) is 3.28. The van der Waals surface area contributed by atoms with Crippen molar-refractivity contribution >= 4 is 32.6 Å². The number of nitrogens with zero attached hydrogens (tertiary/aromatic N) is 2. The van der Waals surface area contributed by atoms with Crippen LogP contribution in [0, 0.1) is 6.07 Å². The van der Waals surface area contributed by atoms with Crippen molar-refractivity contribution in [2.45, 2.75) is 32.5 Å². The second kappa shape index (κ2) is 12.2. The zero-order chi connectivity index (χ0) is 24.9. The van der Waals surface area contributed by atoms with Crippen molar-refractivity contribution in [2.24, 2.45) is 0 Å². The normalized spacial score (nSPS) is 12.4. The Bertz CT molecular complexity index is 1410. The van der Waals surface area contributed by atoms with Crippen LogP contribution in [0.5, 0.6) is 11.5 Å². The number of rotatable bonds is 5. The molecule has 4 aromatic carbocycles. The molecular formula is C29H29IrN2O4-. The fraction of sp³-hybridized carbons (Fsp3) is 0.241. The van der Waals surface area contributed by atoms with Crippen molar-refractivity contribution in [3.05, 3.63) is 72.9 Å². The van der Waals surface area contributed by atoms with Gasteiger partial charge in [-0.05, 0) is 37.8 Å². The number of aliphatic hydroxyl groups is 2. The van der Waals surface area contributed by atoms with Crippen LogP contribution in [0.15, 0.2) is 66.9 Å². The fourth-order valence-electron chi connectivity index (χ4n) is 4.13. The first-order valence-electron chi connectivity index (χ1n) is 11.5. The van der Waals surface area contributed by atoms with Gasteiger partial charge in [-0.15, -0.1) is 29.7 Å². The molecule has 2 unspecified atom stereocenters. The van der Waals surface area contributed by atoms with Gasteiger partial charge in [-0.2, -0.15) is 0 Å². The van der Waals surface area contributed by atoms with Gasteiger partial charge >= 0.3 is 0 Å². The molecule has 0 spiro atoms. The van der Waals surface area contributed by atoms with Crippen LogP contribution in [-0.2, 0) is 20.1 Å². The van der Waals surface area contributed by atoms with E-state index >= 15 is 0 Å². The second-order valence-electron chi connectivity index (χ2n) is 8.49. The van der Waals surface area contributed by atoms with Gasteiger partial charge in [-0.25, -0.2) is 0 Å². The molecule has 1 aromatic heterocycles. The van der Waals surface area contributed by atoms with E-state index in [9.17, 15) is 0 Å². The van der Waals surface area contributed by atoms with E-state index in [1.165, 1.54) is 0 Å². The predicted molar refractivity (Wildman–Crippen MR) is 140 cm³/mol. The van der Waals surface area contributed by atoms with Gasteiger partial charge in [0.1, 0.15) is 11.5 Å². The molecule has 0 saturated heterocycles. The zero-order valence-corrected chi connectivity index (χ0v) is 23.0. The van der Waals surface area contributed by atoms with Crippen LogP contribution >= 0.6 is 0 Å². The molecule has 36 heavy (non-hydrogen) atoms. The molecule has 0 bridgehead atoms. The molecule has 1 radical (unpaired) electrons. The predicted octanol–water partition coefficient (Wildman–Crippen LogP) is 5.56. The van der Waals surface area contributed by atoms with Gasteiger partial charge in [-0.3, -0.25) is 4.98 Å². The first-order valence-corrected chi connectivity index (χ1v) is 11.5. The van der Waals surface area contributed by atoms with Crippen LogP contribution in [0.4, 0.5) is 0 Å². The summed E-state index contributed by atoms with van der Waals surface area (Å²) in [5.74, 6) is 1.43. The molecule has 0 amide bonds. The molecule has 0 aliphatic rings. The fourth-order valence-corrected chi connectivity index (χ4v) is 4.13. The average molecular weight is 662 g/mol. The summed E-state index contributed by atoms with van der Waals surface area (Å²) >= 11 is 0. The van der Waals surface area contributed by atoms with Crippen molar-refractivity contribution in [3.8, 4) is 22.8 Å². The third kappa shape index (κ3) is 6.00. The minimum Gasteiger partial charge on any atom is -0.497 e. The quantitative estimate of drug-likeness (QED) is 0.190. The Balaban J connectivity index is 0.000000400. The number of benzene rings is 4. The third-order valence-electron chi connectivity index (χ3n) is 5.67. The van der Waals surface area contributed by atoms with Crippen LogP contribution in [-0.4, -0.2) is 46.6 Å². The van der Waals surface area contributed by atoms with Crippen LogP contribution < -0.4 is 9.47 Å².